The molecule has 9 heteroatoms. The minimum atomic E-state index is -3.24. The third-order valence-electron chi connectivity index (χ3n) is 6.11. The van der Waals surface area contributed by atoms with Gasteiger partial charge in [0.15, 0.2) is 9.84 Å². The van der Waals surface area contributed by atoms with E-state index in [0.717, 1.165) is 17.0 Å². The fourth-order valence-electron chi connectivity index (χ4n) is 3.55. The Morgan fingerprint density at radius 1 is 1.06 bits per heavy atom. The molecular formula is C25H29N5O3S. The smallest absolute Gasteiger partial charge is 0.160 e. The number of carbonyl (C=O) groups excluding carboxylic acids is 1. The number of hydrogen-bond donors (Lipinski definition) is 0. The van der Waals surface area contributed by atoms with Gasteiger partial charge in [-0.25, -0.2) is 23.4 Å². The maximum absolute atomic E-state index is 13.2. The number of ketones is 1. The first-order chi connectivity index (χ1) is 16.1. The van der Waals surface area contributed by atoms with Crippen molar-refractivity contribution < 1.29 is 13.2 Å². The van der Waals surface area contributed by atoms with Crippen LogP contribution in [0.4, 0.5) is 0 Å². The minimum Gasteiger partial charge on any atom is -0.298 e. The zero-order valence-corrected chi connectivity index (χ0v) is 20.7. The van der Waals surface area contributed by atoms with E-state index in [4.69, 9.17) is 0 Å². The van der Waals surface area contributed by atoms with Gasteiger partial charge in [-0.05, 0) is 50.8 Å². The molecule has 0 aromatic carbocycles. The van der Waals surface area contributed by atoms with Crippen molar-refractivity contribution in [3.63, 3.8) is 0 Å². The Morgan fingerprint density at radius 3 is 2.47 bits per heavy atom. The Kier molecular flexibility index (Phi) is 6.58. The average molecular weight is 480 g/mol. The summed E-state index contributed by atoms with van der Waals surface area (Å²) < 4.78 is 24.6. The third kappa shape index (κ3) is 5.35. The Labute approximate surface area is 200 Å². The summed E-state index contributed by atoms with van der Waals surface area (Å²) in [6.07, 6.45) is 8.22. The number of pyridine rings is 1. The van der Waals surface area contributed by atoms with Crippen molar-refractivity contribution >= 4 is 15.6 Å². The molecule has 0 atom stereocenters. The lowest BCUT2D eigenvalue weighted by Crippen LogP contribution is -2.32. The number of carbonyl (C=O) groups is 1. The van der Waals surface area contributed by atoms with Gasteiger partial charge in [-0.2, -0.15) is 0 Å². The summed E-state index contributed by atoms with van der Waals surface area (Å²) in [5, 5.41) is -0.276. The molecule has 3 aromatic rings. The quantitative estimate of drug-likeness (QED) is 0.457. The summed E-state index contributed by atoms with van der Waals surface area (Å²) in [6.45, 7) is 7.71. The Hall–Kier alpha value is -3.07. The summed E-state index contributed by atoms with van der Waals surface area (Å²) in [7, 11) is -3.24. The molecule has 1 saturated carbocycles. The number of hydrogen-bond acceptors (Lipinski definition) is 8. The number of aromatic nitrogens is 5. The van der Waals surface area contributed by atoms with Crippen molar-refractivity contribution in [1.29, 1.82) is 0 Å². The molecule has 34 heavy (non-hydrogen) atoms. The lowest BCUT2D eigenvalue weighted by atomic mass is 9.82. The van der Waals surface area contributed by atoms with E-state index >= 15 is 0 Å². The first kappa shape index (κ1) is 24.1. The molecule has 0 N–H and O–H groups in total. The van der Waals surface area contributed by atoms with Crippen LogP contribution in [0.15, 0.2) is 43.0 Å². The fraction of sp³-hybridized carbons (Fsp3) is 0.440. The normalized spacial score (nSPS) is 14.4. The lowest BCUT2D eigenvalue weighted by molar-refractivity contribution is -0.123. The van der Waals surface area contributed by atoms with E-state index in [0.29, 0.717) is 24.2 Å². The van der Waals surface area contributed by atoms with Crippen LogP contribution in [0, 0.1) is 0 Å². The molecule has 0 spiro atoms. The van der Waals surface area contributed by atoms with Gasteiger partial charge < -0.3 is 0 Å². The molecule has 8 nitrogen and oxygen atoms in total. The van der Waals surface area contributed by atoms with Crippen LogP contribution in [0.3, 0.4) is 0 Å². The van der Waals surface area contributed by atoms with Gasteiger partial charge in [0.05, 0.1) is 33.9 Å². The van der Waals surface area contributed by atoms with E-state index in [9.17, 15) is 13.2 Å². The zero-order valence-electron chi connectivity index (χ0n) is 19.9. The molecule has 0 bridgehead atoms. The molecule has 1 aliphatic rings. The van der Waals surface area contributed by atoms with Crippen LogP contribution in [0.25, 0.3) is 11.3 Å². The monoisotopic (exact) mass is 479 g/mol. The van der Waals surface area contributed by atoms with Gasteiger partial charge >= 0.3 is 0 Å². The second-order valence-corrected chi connectivity index (χ2v) is 11.9. The molecule has 0 aliphatic heterocycles. The van der Waals surface area contributed by atoms with E-state index in [1.807, 2.05) is 12.1 Å². The van der Waals surface area contributed by atoms with Crippen LogP contribution in [0.2, 0.25) is 0 Å². The number of sulfone groups is 1. The Balaban J connectivity index is 1.48. The standard InChI is InChI=1S/C25H29N5O3S/c1-16(2)20-13-26-14-21(29-20)17-5-6-18(28-12-17)11-23(31)25(3,4)22-9-10-27-24(30-22)15-34(32,33)19-7-8-19/h5-6,9-10,12-14,16,19H,7-8,11,15H2,1-4H3. The van der Waals surface area contributed by atoms with Crippen molar-refractivity contribution in [2.45, 2.75) is 69.3 Å². The van der Waals surface area contributed by atoms with Crippen LogP contribution in [0.1, 0.15) is 69.4 Å². The van der Waals surface area contributed by atoms with Crippen LogP contribution in [0.5, 0.6) is 0 Å². The second-order valence-electron chi connectivity index (χ2n) is 9.61. The summed E-state index contributed by atoms with van der Waals surface area (Å²) in [5.41, 5.74) is 2.71. The van der Waals surface area contributed by atoms with Crippen molar-refractivity contribution in [1.82, 2.24) is 24.9 Å². The topological polar surface area (TPSA) is 116 Å². The molecule has 3 heterocycles. The summed E-state index contributed by atoms with van der Waals surface area (Å²) in [4.78, 5) is 35.1. The van der Waals surface area contributed by atoms with E-state index in [1.165, 1.54) is 6.20 Å². The van der Waals surface area contributed by atoms with Gasteiger partial charge in [0.1, 0.15) is 17.4 Å². The SMILES string of the molecule is CC(C)c1cncc(-c2ccc(CC(=O)C(C)(C)c3ccnc(CS(=O)(=O)C4CC4)n3)nc2)n1. The van der Waals surface area contributed by atoms with E-state index in [2.05, 4.69) is 38.8 Å². The van der Waals surface area contributed by atoms with Crippen molar-refractivity contribution in [2.24, 2.45) is 0 Å². The molecule has 3 aromatic heterocycles. The lowest BCUT2D eigenvalue weighted by Gasteiger charge is -2.22. The third-order valence-corrected chi connectivity index (χ3v) is 8.26. The molecule has 1 fully saturated rings. The largest absolute Gasteiger partial charge is 0.298 e. The van der Waals surface area contributed by atoms with Crippen molar-refractivity contribution in [3.8, 4) is 11.3 Å². The van der Waals surface area contributed by atoms with Crippen LogP contribution in [-0.2, 0) is 32.2 Å². The van der Waals surface area contributed by atoms with E-state index in [-0.39, 0.29) is 34.9 Å². The molecule has 1 aliphatic carbocycles. The molecular weight excluding hydrogens is 450 g/mol. The Bertz CT molecular complexity index is 1300. The number of Topliss-reactive ketones (excluding diaryl/α,β-unsaturated/α-hetero) is 1. The minimum absolute atomic E-state index is 0.0657. The Morgan fingerprint density at radius 2 is 1.82 bits per heavy atom. The van der Waals surface area contributed by atoms with Gasteiger partial charge in [0.2, 0.25) is 0 Å². The van der Waals surface area contributed by atoms with E-state index < -0.39 is 15.3 Å². The highest BCUT2D eigenvalue weighted by Gasteiger charge is 2.37. The highest BCUT2D eigenvalue weighted by atomic mass is 32.2. The van der Waals surface area contributed by atoms with Gasteiger partial charge in [-0.15, -0.1) is 0 Å². The first-order valence-corrected chi connectivity index (χ1v) is 13.1. The first-order valence-electron chi connectivity index (χ1n) is 11.4. The summed E-state index contributed by atoms with van der Waals surface area (Å²) >= 11 is 0. The molecule has 0 saturated heterocycles. The maximum atomic E-state index is 13.2. The molecule has 0 unspecified atom stereocenters. The predicted molar refractivity (Wildman–Crippen MR) is 129 cm³/mol. The van der Waals surface area contributed by atoms with Gasteiger partial charge in [0.25, 0.3) is 0 Å². The van der Waals surface area contributed by atoms with Gasteiger partial charge in [-0.1, -0.05) is 13.8 Å². The maximum Gasteiger partial charge on any atom is 0.160 e. The van der Waals surface area contributed by atoms with Crippen LogP contribution >= 0.6 is 0 Å². The van der Waals surface area contributed by atoms with Crippen LogP contribution < -0.4 is 0 Å². The van der Waals surface area contributed by atoms with Crippen LogP contribution in [-0.4, -0.2) is 44.4 Å². The summed E-state index contributed by atoms with van der Waals surface area (Å²) in [6, 6.07) is 5.38. The zero-order chi connectivity index (χ0) is 24.5. The van der Waals surface area contributed by atoms with Gasteiger partial charge in [-0.3, -0.25) is 14.8 Å². The molecule has 4 rings (SSSR count). The van der Waals surface area contributed by atoms with E-state index in [1.54, 1.807) is 38.5 Å². The second kappa shape index (κ2) is 9.29. The highest BCUT2D eigenvalue weighted by molar-refractivity contribution is 7.91. The van der Waals surface area contributed by atoms with Crippen molar-refractivity contribution in [3.05, 3.63) is 65.9 Å². The number of nitrogens with zero attached hydrogens (tertiary/aromatic N) is 5. The molecule has 0 radical (unpaired) electrons. The fourth-order valence-corrected chi connectivity index (χ4v) is 5.14. The highest BCUT2D eigenvalue weighted by Crippen LogP contribution is 2.31. The number of rotatable bonds is 9. The van der Waals surface area contributed by atoms with Gasteiger partial charge in [0, 0.05) is 36.3 Å². The molecule has 0 amide bonds. The predicted octanol–water partition coefficient (Wildman–Crippen LogP) is 3.62. The average Bonchev–Trinajstić information content (AvgIpc) is 3.66. The molecule has 178 valence electrons. The summed E-state index contributed by atoms with van der Waals surface area (Å²) in [5.74, 6) is 0.247. The van der Waals surface area contributed by atoms with Crippen molar-refractivity contribution in [2.75, 3.05) is 0 Å².